The van der Waals surface area contributed by atoms with Gasteiger partial charge in [0.15, 0.2) is 0 Å². The van der Waals surface area contributed by atoms with Gasteiger partial charge in [0.2, 0.25) is 5.91 Å². The fourth-order valence-corrected chi connectivity index (χ4v) is 3.03. The van der Waals surface area contributed by atoms with E-state index in [-0.39, 0.29) is 17.9 Å². The van der Waals surface area contributed by atoms with E-state index in [1.807, 2.05) is 26.0 Å². The van der Waals surface area contributed by atoms with E-state index in [1.54, 1.807) is 0 Å². The summed E-state index contributed by atoms with van der Waals surface area (Å²) in [6.07, 6.45) is 0. The van der Waals surface area contributed by atoms with Gasteiger partial charge < -0.3 is 10.6 Å². The molecule has 3 nitrogen and oxygen atoms in total. The Labute approximate surface area is 131 Å². The summed E-state index contributed by atoms with van der Waals surface area (Å²) in [4.78, 5) is 11.4. The number of hydrogen-bond acceptors (Lipinski definition) is 2. The van der Waals surface area contributed by atoms with Gasteiger partial charge in [0.1, 0.15) is 0 Å². The maximum atomic E-state index is 11.4. The molecule has 106 valence electrons. The van der Waals surface area contributed by atoms with Gasteiger partial charge in [0.25, 0.3) is 0 Å². The summed E-state index contributed by atoms with van der Waals surface area (Å²) in [6.45, 7) is 7.30. The van der Waals surface area contributed by atoms with Gasteiger partial charge in [-0.3, -0.25) is 4.79 Å². The lowest BCUT2D eigenvalue weighted by Gasteiger charge is -2.16. The maximum Gasteiger partial charge on any atom is 0.222 e. The smallest absolute Gasteiger partial charge is 0.222 e. The van der Waals surface area contributed by atoms with Gasteiger partial charge in [0.05, 0.1) is 0 Å². The van der Waals surface area contributed by atoms with Crippen molar-refractivity contribution >= 4 is 37.8 Å². The van der Waals surface area contributed by atoms with Crippen LogP contribution in [-0.4, -0.2) is 19.0 Å². The zero-order valence-corrected chi connectivity index (χ0v) is 14.6. The van der Waals surface area contributed by atoms with Gasteiger partial charge in [-0.2, -0.15) is 0 Å². The topological polar surface area (TPSA) is 41.1 Å². The number of halogens is 2. The van der Waals surface area contributed by atoms with Gasteiger partial charge >= 0.3 is 0 Å². The minimum Gasteiger partial charge on any atom is -0.355 e. The first-order valence-electron chi connectivity index (χ1n) is 6.38. The molecule has 0 heterocycles. The van der Waals surface area contributed by atoms with Crippen LogP contribution in [-0.2, 0) is 4.79 Å². The highest BCUT2D eigenvalue weighted by Crippen LogP contribution is 2.26. The molecule has 1 rings (SSSR count). The number of rotatable bonds is 6. The van der Waals surface area contributed by atoms with Crippen LogP contribution in [0.3, 0.4) is 0 Å². The molecule has 1 unspecified atom stereocenters. The number of amides is 1. The predicted octanol–water partition coefficient (Wildman–Crippen LogP) is 3.63. The number of nitrogens with one attached hydrogen (secondary N) is 2. The standard InChI is InChI=1S/C14H20Br2N2O/c1-9(2)14(19)18-7-6-17-10(3)12-5-4-11(15)8-13(12)16/h4-5,8-10,17H,6-7H2,1-3H3,(H,18,19). The van der Waals surface area contributed by atoms with E-state index in [0.29, 0.717) is 6.54 Å². The Morgan fingerprint density at radius 2 is 1.89 bits per heavy atom. The van der Waals surface area contributed by atoms with Crippen LogP contribution in [0.25, 0.3) is 0 Å². The molecule has 1 amide bonds. The average Bonchev–Trinajstić information content (AvgIpc) is 2.33. The second kappa shape index (κ2) is 8.02. The molecule has 0 aliphatic heterocycles. The van der Waals surface area contributed by atoms with Gasteiger partial charge in [-0.25, -0.2) is 0 Å². The van der Waals surface area contributed by atoms with E-state index >= 15 is 0 Å². The molecule has 1 atom stereocenters. The van der Waals surface area contributed by atoms with Crippen molar-refractivity contribution in [3.63, 3.8) is 0 Å². The number of benzene rings is 1. The fourth-order valence-electron chi connectivity index (χ4n) is 1.64. The van der Waals surface area contributed by atoms with E-state index in [4.69, 9.17) is 0 Å². The molecule has 0 saturated carbocycles. The van der Waals surface area contributed by atoms with Crippen LogP contribution >= 0.6 is 31.9 Å². The van der Waals surface area contributed by atoms with Crippen molar-refractivity contribution in [2.24, 2.45) is 5.92 Å². The average molecular weight is 392 g/mol. The SMILES string of the molecule is CC(C)C(=O)NCCNC(C)c1ccc(Br)cc1Br. The Balaban J connectivity index is 2.39. The van der Waals surface area contributed by atoms with E-state index in [9.17, 15) is 4.79 Å². The Hall–Kier alpha value is -0.390. The molecule has 0 aromatic heterocycles. The highest BCUT2D eigenvalue weighted by atomic mass is 79.9. The van der Waals surface area contributed by atoms with Crippen molar-refractivity contribution in [3.8, 4) is 0 Å². The number of hydrogen-bond donors (Lipinski definition) is 2. The van der Waals surface area contributed by atoms with Gasteiger partial charge in [-0.15, -0.1) is 0 Å². The highest BCUT2D eigenvalue weighted by Gasteiger charge is 2.09. The normalized spacial score (nSPS) is 12.5. The molecule has 0 bridgehead atoms. The Morgan fingerprint density at radius 3 is 2.47 bits per heavy atom. The largest absolute Gasteiger partial charge is 0.355 e. The van der Waals surface area contributed by atoms with Crippen molar-refractivity contribution in [2.75, 3.05) is 13.1 Å². The van der Waals surface area contributed by atoms with Crippen molar-refractivity contribution in [3.05, 3.63) is 32.7 Å². The van der Waals surface area contributed by atoms with Crippen molar-refractivity contribution < 1.29 is 4.79 Å². The molecular formula is C14H20Br2N2O. The first kappa shape index (κ1) is 16.7. The molecule has 1 aromatic rings. The second-order valence-electron chi connectivity index (χ2n) is 4.79. The summed E-state index contributed by atoms with van der Waals surface area (Å²) in [7, 11) is 0. The quantitative estimate of drug-likeness (QED) is 0.727. The van der Waals surface area contributed by atoms with Crippen LogP contribution in [0, 0.1) is 5.92 Å². The third-order valence-corrected chi connectivity index (χ3v) is 4.01. The Bertz CT molecular complexity index is 435. The summed E-state index contributed by atoms with van der Waals surface area (Å²) < 4.78 is 2.13. The van der Waals surface area contributed by atoms with Gasteiger partial charge in [0, 0.05) is 34.0 Å². The lowest BCUT2D eigenvalue weighted by atomic mass is 10.1. The molecule has 0 aliphatic rings. The van der Waals surface area contributed by atoms with Crippen LogP contribution in [0.5, 0.6) is 0 Å². The molecule has 0 saturated heterocycles. The third kappa shape index (κ3) is 5.63. The summed E-state index contributed by atoms with van der Waals surface area (Å²) in [5.74, 6) is 0.136. The molecule has 0 fully saturated rings. The van der Waals surface area contributed by atoms with Crippen molar-refractivity contribution in [1.29, 1.82) is 0 Å². The molecule has 0 spiro atoms. The maximum absolute atomic E-state index is 11.4. The molecule has 5 heteroatoms. The molecule has 2 N–H and O–H groups in total. The van der Waals surface area contributed by atoms with Crippen LogP contribution in [0.2, 0.25) is 0 Å². The zero-order valence-electron chi connectivity index (χ0n) is 11.5. The van der Waals surface area contributed by atoms with Crippen molar-refractivity contribution in [1.82, 2.24) is 10.6 Å². The number of carbonyl (C=O) groups is 1. The first-order valence-corrected chi connectivity index (χ1v) is 7.96. The predicted molar refractivity (Wildman–Crippen MR) is 86.1 cm³/mol. The molecule has 0 aliphatic carbocycles. The minimum atomic E-state index is 0.0399. The lowest BCUT2D eigenvalue weighted by molar-refractivity contribution is -0.123. The third-order valence-electron chi connectivity index (χ3n) is 2.83. The van der Waals surface area contributed by atoms with Gasteiger partial charge in [-0.1, -0.05) is 51.8 Å². The second-order valence-corrected chi connectivity index (χ2v) is 6.56. The summed E-state index contributed by atoms with van der Waals surface area (Å²) in [5, 5.41) is 6.29. The summed E-state index contributed by atoms with van der Waals surface area (Å²) >= 11 is 7.00. The van der Waals surface area contributed by atoms with Crippen LogP contribution in [0.4, 0.5) is 0 Å². The zero-order chi connectivity index (χ0) is 14.4. The fraction of sp³-hybridized carbons (Fsp3) is 0.500. The lowest BCUT2D eigenvalue weighted by Crippen LogP contribution is -2.35. The summed E-state index contributed by atoms with van der Waals surface area (Å²) in [5.41, 5.74) is 1.21. The van der Waals surface area contributed by atoms with Crippen LogP contribution in [0.15, 0.2) is 27.1 Å². The van der Waals surface area contributed by atoms with Crippen LogP contribution < -0.4 is 10.6 Å². The first-order chi connectivity index (χ1) is 8.91. The molecular weight excluding hydrogens is 372 g/mol. The minimum absolute atomic E-state index is 0.0399. The van der Waals surface area contributed by atoms with Crippen LogP contribution in [0.1, 0.15) is 32.4 Å². The van der Waals surface area contributed by atoms with E-state index in [0.717, 1.165) is 15.5 Å². The van der Waals surface area contributed by atoms with Crippen molar-refractivity contribution in [2.45, 2.75) is 26.8 Å². The Morgan fingerprint density at radius 1 is 1.21 bits per heavy atom. The highest BCUT2D eigenvalue weighted by molar-refractivity contribution is 9.11. The molecule has 1 aromatic carbocycles. The van der Waals surface area contributed by atoms with E-state index in [1.165, 1.54) is 5.56 Å². The van der Waals surface area contributed by atoms with E-state index in [2.05, 4.69) is 55.5 Å². The monoisotopic (exact) mass is 390 g/mol. The van der Waals surface area contributed by atoms with E-state index < -0.39 is 0 Å². The molecule has 0 radical (unpaired) electrons. The molecule has 19 heavy (non-hydrogen) atoms. The van der Waals surface area contributed by atoms with Gasteiger partial charge in [-0.05, 0) is 24.6 Å². The summed E-state index contributed by atoms with van der Waals surface area (Å²) in [6, 6.07) is 6.38. The number of carbonyl (C=O) groups excluding carboxylic acids is 1. The Kier molecular flexibility index (Phi) is 7.04.